The highest BCUT2D eigenvalue weighted by molar-refractivity contribution is 5.79. The standard InChI is InChI=1S/C22H27FN2O2/c1-15(26)24-19(16-9-6-5-7-10-16)14-20(27)25-21(22(2,3)4)17-11-8-12-18(23)13-17/h5-13,19,21H,14H2,1-4H3,(H,24,26)(H,25,27)/t19-,21+/m0/s1. The van der Waals surface area contributed by atoms with E-state index in [0.29, 0.717) is 5.56 Å². The smallest absolute Gasteiger partial charge is 0.222 e. The third-order valence-corrected chi connectivity index (χ3v) is 4.32. The summed E-state index contributed by atoms with van der Waals surface area (Å²) in [5.41, 5.74) is 1.27. The predicted octanol–water partition coefficient (Wildman–Crippen LogP) is 4.30. The van der Waals surface area contributed by atoms with E-state index >= 15 is 0 Å². The molecule has 5 heteroatoms. The Balaban J connectivity index is 2.19. The van der Waals surface area contributed by atoms with Gasteiger partial charge in [0.1, 0.15) is 5.82 Å². The monoisotopic (exact) mass is 370 g/mol. The van der Waals surface area contributed by atoms with Gasteiger partial charge >= 0.3 is 0 Å². The van der Waals surface area contributed by atoms with Crippen LogP contribution in [0.25, 0.3) is 0 Å². The van der Waals surface area contributed by atoms with Crippen molar-refractivity contribution in [2.45, 2.75) is 46.2 Å². The van der Waals surface area contributed by atoms with Gasteiger partial charge < -0.3 is 10.6 Å². The molecule has 0 saturated carbocycles. The molecule has 2 aromatic carbocycles. The number of nitrogens with one attached hydrogen (secondary N) is 2. The summed E-state index contributed by atoms with van der Waals surface area (Å²) in [6, 6.07) is 14.9. The van der Waals surface area contributed by atoms with E-state index in [1.807, 2.05) is 57.2 Å². The van der Waals surface area contributed by atoms with Gasteiger partial charge in [-0.2, -0.15) is 0 Å². The third kappa shape index (κ3) is 6.20. The van der Waals surface area contributed by atoms with Crippen LogP contribution in [-0.2, 0) is 9.59 Å². The highest BCUT2D eigenvalue weighted by Crippen LogP contribution is 2.33. The summed E-state index contributed by atoms with van der Waals surface area (Å²) in [4.78, 5) is 24.3. The molecule has 2 aromatic rings. The van der Waals surface area contributed by atoms with Crippen LogP contribution >= 0.6 is 0 Å². The summed E-state index contributed by atoms with van der Waals surface area (Å²) in [5, 5.41) is 5.85. The summed E-state index contributed by atoms with van der Waals surface area (Å²) >= 11 is 0. The van der Waals surface area contributed by atoms with Crippen LogP contribution in [0.1, 0.15) is 57.3 Å². The van der Waals surface area contributed by atoms with Gasteiger partial charge in [0.05, 0.1) is 18.5 Å². The number of halogens is 1. The minimum atomic E-state index is -0.420. The van der Waals surface area contributed by atoms with E-state index in [-0.39, 0.29) is 35.5 Å². The van der Waals surface area contributed by atoms with E-state index in [9.17, 15) is 14.0 Å². The van der Waals surface area contributed by atoms with Crippen molar-refractivity contribution in [3.05, 3.63) is 71.5 Å². The van der Waals surface area contributed by atoms with E-state index in [1.54, 1.807) is 6.07 Å². The topological polar surface area (TPSA) is 58.2 Å². The molecule has 0 unspecified atom stereocenters. The summed E-state index contributed by atoms with van der Waals surface area (Å²) in [6.45, 7) is 7.40. The first kappa shape index (κ1) is 20.6. The highest BCUT2D eigenvalue weighted by atomic mass is 19.1. The second kappa shape index (κ2) is 8.80. The maximum atomic E-state index is 13.7. The maximum Gasteiger partial charge on any atom is 0.222 e. The Kier molecular flexibility index (Phi) is 6.72. The van der Waals surface area contributed by atoms with Crippen molar-refractivity contribution >= 4 is 11.8 Å². The molecule has 4 nitrogen and oxygen atoms in total. The van der Waals surface area contributed by atoms with Crippen molar-refractivity contribution in [1.29, 1.82) is 0 Å². The molecule has 144 valence electrons. The Morgan fingerprint density at radius 1 is 0.963 bits per heavy atom. The van der Waals surface area contributed by atoms with Crippen LogP contribution in [0.5, 0.6) is 0 Å². The van der Waals surface area contributed by atoms with Gasteiger partial charge in [-0.1, -0.05) is 63.2 Å². The van der Waals surface area contributed by atoms with Gasteiger partial charge in [0.2, 0.25) is 11.8 Å². The first-order valence-corrected chi connectivity index (χ1v) is 9.03. The number of amides is 2. The second-order valence-electron chi connectivity index (χ2n) is 7.79. The number of rotatable bonds is 6. The fourth-order valence-corrected chi connectivity index (χ4v) is 3.07. The lowest BCUT2D eigenvalue weighted by atomic mass is 9.82. The van der Waals surface area contributed by atoms with Crippen LogP contribution in [0.3, 0.4) is 0 Å². The molecular formula is C22H27FN2O2. The minimum absolute atomic E-state index is 0.103. The number of hydrogen-bond acceptors (Lipinski definition) is 2. The van der Waals surface area contributed by atoms with Gasteiger partial charge in [0, 0.05) is 6.92 Å². The Morgan fingerprint density at radius 3 is 2.15 bits per heavy atom. The van der Waals surface area contributed by atoms with Gasteiger partial charge in [-0.3, -0.25) is 9.59 Å². The molecule has 0 aromatic heterocycles. The molecule has 0 saturated heterocycles. The van der Waals surface area contributed by atoms with Crippen LogP contribution in [0, 0.1) is 11.2 Å². The molecule has 2 N–H and O–H groups in total. The first-order valence-electron chi connectivity index (χ1n) is 9.03. The lowest BCUT2D eigenvalue weighted by Gasteiger charge is -2.32. The van der Waals surface area contributed by atoms with Crippen LogP contribution in [-0.4, -0.2) is 11.8 Å². The van der Waals surface area contributed by atoms with Crippen molar-refractivity contribution in [2.75, 3.05) is 0 Å². The van der Waals surface area contributed by atoms with Crippen molar-refractivity contribution < 1.29 is 14.0 Å². The Hall–Kier alpha value is -2.69. The van der Waals surface area contributed by atoms with Crippen LogP contribution in [0.4, 0.5) is 4.39 Å². The quantitative estimate of drug-likeness (QED) is 0.797. The van der Waals surface area contributed by atoms with Gasteiger partial charge in [-0.25, -0.2) is 4.39 Å². The molecule has 0 aliphatic heterocycles. The summed E-state index contributed by atoms with van der Waals surface area (Å²) in [5.74, 6) is -0.743. The van der Waals surface area contributed by atoms with Crippen LogP contribution in [0.2, 0.25) is 0 Å². The SMILES string of the molecule is CC(=O)N[C@@H](CC(=O)N[C@H](c1cccc(F)c1)C(C)(C)C)c1ccccc1. The molecule has 2 rings (SSSR count). The van der Waals surface area contributed by atoms with Gasteiger partial charge in [-0.05, 0) is 28.7 Å². The number of hydrogen-bond donors (Lipinski definition) is 2. The second-order valence-corrected chi connectivity index (χ2v) is 7.79. The average Bonchev–Trinajstić information content (AvgIpc) is 2.58. The fourth-order valence-electron chi connectivity index (χ4n) is 3.07. The molecular weight excluding hydrogens is 343 g/mol. The van der Waals surface area contributed by atoms with Gasteiger partial charge in [0.25, 0.3) is 0 Å². The van der Waals surface area contributed by atoms with E-state index < -0.39 is 6.04 Å². The summed E-state index contributed by atoms with van der Waals surface area (Å²) in [6.07, 6.45) is 0.103. The molecule has 0 aliphatic carbocycles. The molecule has 27 heavy (non-hydrogen) atoms. The molecule has 0 heterocycles. The Morgan fingerprint density at radius 2 is 1.59 bits per heavy atom. The van der Waals surface area contributed by atoms with E-state index in [1.165, 1.54) is 19.1 Å². The largest absolute Gasteiger partial charge is 0.349 e. The predicted molar refractivity (Wildman–Crippen MR) is 104 cm³/mol. The zero-order chi connectivity index (χ0) is 20.0. The van der Waals surface area contributed by atoms with Crippen molar-refractivity contribution in [3.8, 4) is 0 Å². The normalized spacial score (nSPS) is 13.5. The zero-order valence-corrected chi connectivity index (χ0v) is 16.3. The van der Waals surface area contributed by atoms with Crippen LogP contribution in [0.15, 0.2) is 54.6 Å². The Labute approximate surface area is 160 Å². The van der Waals surface area contributed by atoms with Gasteiger partial charge in [0.15, 0.2) is 0 Å². The zero-order valence-electron chi connectivity index (χ0n) is 16.3. The molecule has 0 radical (unpaired) electrons. The first-order chi connectivity index (χ1) is 12.7. The van der Waals surface area contributed by atoms with E-state index in [4.69, 9.17) is 0 Å². The van der Waals surface area contributed by atoms with E-state index in [2.05, 4.69) is 10.6 Å². The van der Waals surface area contributed by atoms with Crippen molar-refractivity contribution in [3.63, 3.8) is 0 Å². The molecule has 2 atom stereocenters. The van der Waals surface area contributed by atoms with Crippen LogP contribution < -0.4 is 10.6 Å². The van der Waals surface area contributed by atoms with E-state index in [0.717, 1.165) is 5.56 Å². The lowest BCUT2D eigenvalue weighted by molar-refractivity contribution is -0.124. The fraction of sp³-hybridized carbons (Fsp3) is 0.364. The Bertz CT molecular complexity index is 784. The third-order valence-electron chi connectivity index (χ3n) is 4.32. The molecule has 0 aliphatic rings. The van der Waals surface area contributed by atoms with Crippen molar-refractivity contribution in [2.24, 2.45) is 5.41 Å². The average molecular weight is 370 g/mol. The number of benzene rings is 2. The summed E-state index contributed by atoms with van der Waals surface area (Å²) in [7, 11) is 0. The maximum absolute atomic E-state index is 13.7. The summed E-state index contributed by atoms with van der Waals surface area (Å²) < 4.78 is 13.7. The van der Waals surface area contributed by atoms with Crippen molar-refractivity contribution in [1.82, 2.24) is 10.6 Å². The lowest BCUT2D eigenvalue weighted by Crippen LogP contribution is -2.39. The molecule has 0 spiro atoms. The molecule has 0 bridgehead atoms. The molecule has 0 fully saturated rings. The van der Waals surface area contributed by atoms with Gasteiger partial charge in [-0.15, -0.1) is 0 Å². The number of carbonyl (C=O) groups is 2. The number of carbonyl (C=O) groups excluding carboxylic acids is 2. The molecule has 2 amide bonds. The minimum Gasteiger partial charge on any atom is -0.349 e. The highest BCUT2D eigenvalue weighted by Gasteiger charge is 2.29.